The Bertz CT molecular complexity index is 1150. The highest BCUT2D eigenvalue weighted by Crippen LogP contribution is 2.25. The highest BCUT2D eigenvalue weighted by molar-refractivity contribution is 8.00. The first-order valence-electron chi connectivity index (χ1n) is 8.28. The van der Waals surface area contributed by atoms with Crippen LogP contribution in [-0.2, 0) is 0 Å². The smallest absolute Gasteiger partial charge is 0.187 e. The second kappa shape index (κ2) is 7.95. The summed E-state index contributed by atoms with van der Waals surface area (Å²) in [6.07, 6.45) is 1.44. The maximum atomic E-state index is 12.5. The Morgan fingerprint density at radius 2 is 2.00 bits per heavy atom. The minimum atomic E-state index is -0.0124. The number of rotatable bonds is 6. The third-order valence-corrected chi connectivity index (χ3v) is 5.22. The fraction of sp³-hybridized carbons (Fsp3) is 0.105. The van der Waals surface area contributed by atoms with Crippen LogP contribution in [0.25, 0.3) is 16.9 Å². The molecule has 0 spiro atoms. The second-order valence-electron chi connectivity index (χ2n) is 5.77. The summed E-state index contributed by atoms with van der Waals surface area (Å²) < 4.78 is 6.71. The van der Waals surface area contributed by atoms with Gasteiger partial charge < -0.3 is 4.74 Å². The zero-order valence-electron chi connectivity index (χ0n) is 14.7. The Kier molecular flexibility index (Phi) is 5.23. The molecule has 0 atom stereocenters. The second-order valence-corrected chi connectivity index (χ2v) is 7.17. The number of ether oxygens (including phenoxy) is 1. The number of halogens is 1. The predicted octanol–water partition coefficient (Wildman–Crippen LogP) is 3.85. The molecule has 0 radical (unpaired) electrons. The average Bonchev–Trinajstić information content (AvgIpc) is 3.17. The summed E-state index contributed by atoms with van der Waals surface area (Å²) in [5.41, 5.74) is 2.45. The summed E-state index contributed by atoms with van der Waals surface area (Å²) >= 11 is 7.36. The van der Waals surface area contributed by atoms with Crippen molar-refractivity contribution in [2.75, 3.05) is 12.9 Å². The van der Waals surface area contributed by atoms with Crippen molar-refractivity contribution in [3.63, 3.8) is 0 Å². The van der Waals surface area contributed by atoms with Crippen molar-refractivity contribution in [2.45, 2.75) is 5.03 Å². The molecule has 2 aromatic carbocycles. The van der Waals surface area contributed by atoms with Crippen LogP contribution in [0.3, 0.4) is 0 Å². The van der Waals surface area contributed by atoms with E-state index in [0.717, 1.165) is 5.69 Å². The van der Waals surface area contributed by atoms with E-state index in [2.05, 4.69) is 20.3 Å². The van der Waals surface area contributed by atoms with Crippen LogP contribution < -0.4 is 4.74 Å². The zero-order chi connectivity index (χ0) is 19.5. The number of benzene rings is 2. The molecule has 140 valence electrons. The normalized spacial score (nSPS) is 10.9. The molecule has 28 heavy (non-hydrogen) atoms. The number of methoxy groups -OCH3 is 1. The van der Waals surface area contributed by atoms with Gasteiger partial charge in [-0.25, -0.2) is 9.97 Å². The van der Waals surface area contributed by atoms with Gasteiger partial charge in [-0.2, -0.15) is 4.68 Å². The summed E-state index contributed by atoms with van der Waals surface area (Å²) in [5.74, 6) is 0.920. The monoisotopic (exact) mass is 411 g/mol. The Hall–Kier alpha value is -2.97. The van der Waals surface area contributed by atoms with Crippen molar-refractivity contribution < 1.29 is 9.53 Å². The summed E-state index contributed by atoms with van der Waals surface area (Å²) in [6, 6.07) is 14.3. The molecule has 2 aromatic heterocycles. The predicted molar refractivity (Wildman–Crippen MR) is 108 cm³/mol. The molecule has 0 saturated carbocycles. The topological polar surface area (TPSA) is 82.8 Å². The average molecular weight is 412 g/mol. The number of hydrogen-bond donors (Lipinski definition) is 0. The van der Waals surface area contributed by atoms with Crippen molar-refractivity contribution >= 4 is 40.3 Å². The van der Waals surface area contributed by atoms with Gasteiger partial charge >= 0.3 is 0 Å². The van der Waals surface area contributed by atoms with Gasteiger partial charge in [-0.15, -0.1) is 5.10 Å². The van der Waals surface area contributed by atoms with Crippen LogP contribution in [0, 0.1) is 0 Å². The van der Waals surface area contributed by atoms with Crippen LogP contribution >= 0.6 is 23.4 Å². The Balaban J connectivity index is 1.57. The molecule has 2 heterocycles. The molecular formula is C19H14ClN5O2S. The van der Waals surface area contributed by atoms with E-state index in [1.165, 1.54) is 18.1 Å². The van der Waals surface area contributed by atoms with Gasteiger partial charge in [0.2, 0.25) is 0 Å². The molecule has 0 aliphatic heterocycles. The van der Waals surface area contributed by atoms with Crippen LogP contribution in [0.15, 0.2) is 59.9 Å². The van der Waals surface area contributed by atoms with Gasteiger partial charge in [0.15, 0.2) is 16.9 Å². The van der Waals surface area contributed by atoms with Crippen molar-refractivity contribution in [1.29, 1.82) is 0 Å². The number of carbonyl (C=O) groups excluding carboxylic acids is 1. The lowest BCUT2D eigenvalue weighted by atomic mass is 10.1. The van der Waals surface area contributed by atoms with E-state index in [9.17, 15) is 4.79 Å². The van der Waals surface area contributed by atoms with E-state index in [4.69, 9.17) is 16.3 Å². The molecule has 4 aromatic rings. The minimum Gasteiger partial charge on any atom is -0.497 e. The summed E-state index contributed by atoms with van der Waals surface area (Å²) in [4.78, 5) is 21.0. The van der Waals surface area contributed by atoms with Crippen molar-refractivity contribution in [3.8, 4) is 11.4 Å². The maximum Gasteiger partial charge on any atom is 0.187 e. The molecule has 0 aliphatic rings. The standard InChI is InChI=1S/C19H14ClN5O2S/c1-27-15-7-5-12(6-8-15)16(26)10-28-19-17-18(21-11-22-19)25(24-23-17)14-4-2-3-13(20)9-14/h2-9,11H,10H2,1H3. The number of fused-ring (bicyclic) bond motifs is 1. The summed E-state index contributed by atoms with van der Waals surface area (Å²) in [5, 5.41) is 9.55. The first-order chi connectivity index (χ1) is 13.7. The van der Waals surface area contributed by atoms with E-state index in [1.54, 1.807) is 48.2 Å². The van der Waals surface area contributed by atoms with Gasteiger partial charge in [0.1, 0.15) is 17.1 Å². The van der Waals surface area contributed by atoms with Gasteiger partial charge in [0, 0.05) is 10.6 Å². The lowest BCUT2D eigenvalue weighted by Gasteiger charge is -2.04. The first kappa shape index (κ1) is 18.4. The molecule has 7 nitrogen and oxygen atoms in total. The molecule has 9 heteroatoms. The molecule has 0 bridgehead atoms. The molecular weight excluding hydrogens is 398 g/mol. The summed E-state index contributed by atoms with van der Waals surface area (Å²) in [7, 11) is 1.59. The van der Waals surface area contributed by atoms with E-state index in [1.807, 2.05) is 12.1 Å². The molecule has 0 saturated heterocycles. The van der Waals surface area contributed by atoms with Gasteiger partial charge in [-0.1, -0.05) is 34.6 Å². The van der Waals surface area contributed by atoms with Crippen LogP contribution in [0.1, 0.15) is 10.4 Å². The quantitative estimate of drug-likeness (QED) is 0.271. The highest BCUT2D eigenvalue weighted by atomic mass is 35.5. The van der Waals surface area contributed by atoms with E-state index >= 15 is 0 Å². The lowest BCUT2D eigenvalue weighted by Crippen LogP contribution is -2.03. The van der Waals surface area contributed by atoms with Crippen LogP contribution in [0.2, 0.25) is 5.02 Å². The molecule has 0 amide bonds. The van der Waals surface area contributed by atoms with Gasteiger partial charge in [0.25, 0.3) is 0 Å². The maximum absolute atomic E-state index is 12.5. The molecule has 0 unspecified atom stereocenters. The van der Waals surface area contributed by atoms with Gasteiger partial charge in [0.05, 0.1) is 18.6 Å². The van der Waals surface area contributed by atoms with E-state index < -0.39 is 0 Å². The number of aromatic nitrogens is 5. The van der Waals surface area contributed by atoms with Gasteiger partial charge in [-0.3, -0.25) is 4.79 Å². The Morgan fingerprint density at radius 1 is 1.18 bits per heavy atom. The largest absolute Gasteiger partial charge is 0.497 e. The van der Waals surface area contributed by atoms with Crippen LogP contribution in [-0.4, -0.2) is 43.6 Å². The van der Waals surface area contributed by atoms with Crippen molar-refractivity contribution in [3.05, 3.63) is 65.4 Å². The Morgan fingerprint density at radius 3 is 2.75 bits per heavy atom. The molecule has 0 N–H and O–H groups in total. The van der Waals surface area contributed by atoms with Crippen molar-refractivity contribution in [1.82, 2.24) is 25.0 Å². The third-order valence-electron chi connectivity index (χ3n) is 4.01. The summed E-state index contributed by atoms with van der Waals surface area (Å²) in [6.45, 7) is 0. The SMILES string of the molecule is COc1ccc(C(=O)CSc2ncnc3c2nnn3-c2cccc(Cl)c2)cc1. The number of thioether (sulfide) groups is 1. The van der Waals surface area contributed by atoms with Crippen LogP contribution in [0.4, 0.5) is 0 Å². The first-order valence-corrected chi connectivity index (χ1v) is 9.64. The third kappa shape index (κ3) is 3.69. The van der Waals surface area contributed by atoms with E-state index in [-0.39, 0.29) is 11.5 Å². The number of nitrogens with zero attached hydrogens (tertiary/aromatic N) is 5. The zero-order valence-corrected chi connectivity index (χ0v) is 16.3. The minimum absolute atomic E-state index is 0.0124. The fourth-order valence-electron chi connectivity index (χ4n) is 2.61. The van der Waals surface area contributed by atoms with Gasteiger partial charge in [-0.05, 0) is 42.5 Å². The van der Waals surface area contributed by atoms with E-state index in [0.29, 0.717) is 32.5 Å². The number of ketones is 1. The number of hydrogen-bond acceptors (Lipinski definition) is 7. The number of carbonyl (C=O) groups is 1. The Labute approximate surface area is 169 Å². The highest BCUT2D eigenvalue weighted by Gasteiger charge is 2.15. The fourth-order valence-corrected chi connectivity index (χ4v) is 3.62. The molecule has 0 aliphatic carbocycles. The lowest BCUT2D eigenvalue weighted by molar-refractivity contribution is 0.102. The molecule has 0 fully saturated rings. The number of Topliss-reactive ketones (excluding diaryl/α,β-unsaturated/α-hetero) is 1. The van der Waals surface area contributed by atoms with Crippen molar-refractivity contribution in [2.24, 2.45) is 0 Å². The van der Waals surface area contributed by atoms with Crippen LogP contribution in [0.5, 0.6) is 5.75 Å². The molecule has 4 rings (SSSR count).